The first-order chi connectivity index (χ1) is 11.1. The topological polar surface area (TPSA) is 22.9 Å². The molecule has 122 valence electrons. The van der Waals surface area contributed by atoms with Gasteiger partial charge >= 0.3 is 0 Å². The van der Waals surface area contributed by atoms with Crippen LogP contribution in [0, 0.1) is 6.92 Å². The highest BCUT2D eigenvalue weighted by Crippen LogP contribution is 2.33. The van der Waals surface area contributed by atoms with Gasteiger partial charge in [0.25, 0.3) is 0 Å². The maximum absolute atomic E-state index is 5.48. The third-order valence-corrected chi connectivity index (χ3v) is 4.99. The van der Waals surface area contributed by atoms with Gasteiger partial charge in [-0.25, -0.2) is 0 Å². The number of rotatable bonds is 4. The molecule has 3 nitrogen and oxygen atoms in total. The molecule has 2 atom stereocenters. The highest BCUT2D eigenvalue weighted by Gasteiger charge is 2.29. The van der Waals surface area contributed by atoms with Gasteiger partial charge in [0.05, 0.1) is 20.8 Å². The second kappa shape index (κ2) is 6.63. The van der Waals surface area contributed by atoms with Gasteiger partial charge in [0.1, 0.15) is 12.6 Å². The molecule has 0 saturated carbocycles. The number of ether oxygens (including phenoxy) is 2. The summed E-state index contributed by atoms with van der Waals surface area (Å²) in [5.74, 6) is 1.66. The van der Waals surface area contributed by atoms with Gasteiger partial charge in [0.2, 0.25) is 0 Å². The molecule has 0 bridgehead atoms. The molecule has 3 rings (SSSR count). The molecule has 1 heterocycles. The average Bonchev–Trinajstić information content (AvgIpc) is 2.58. The fourth-order valence-corrected chi connectivity index (χ4v) is 3.50. The second-order valence-corrected chi connectivity index (χ2v) is 6.45. The van der Waals surface area contributed by atoms with Crippen LogP contribution >= 0.6 is 0 Å². The van der Waals surface area contributed by atoms with Crippen molar-refractivity contribution in [3.8, 4) is 11.5 Å². The number of methoxy groups -OCH3 is 2. The van der Waals surface area contributed by atoms with Crippen LogP contribution < -0.4 is 14.4 Å². The van der Waals surface area contributed by atoms with Crippen molar-refractivity contribution in [2.24, 2.45) is 0 Å². The molecule has 1 N–H and O–H groups in total. The monoisotopic (exact) mass is 312 g/mol. The normalized spacial score (nSPS) is 20.0. The van der Waals surface area contributed by atoms with Crippen LogP contribution in [-0.4, -0.2) is 20.8 Å². The highest BCUT2D eigenvalue weighted by molar-refractivity contribution is 5.48. The van der Waals surface area contributed by atoms with Crippen molar-refractivity contribution >= 4 is 0 Å². The van der Waals surface area contributed by atoms with Crippen molar-refractivity contribution in [1.29, 1.82) is 0 Å². The minimum Gasteiger partial charge on any atom is -0.493 e. The third kappa shape index (κ3) is 3.20. The Kier molecular flexibility index (Phi) is 4.58. The number of hydrogen-bond acceptors (Lipinski definition) is 2. The molecule has 0 aromatic heterocycles. The van der Waals surface area contributed by atoms with E-state index in [1.807, 2.05) is 0 Å². The van der Waals surface area contributed by atoms with Gasteiger partial charge in [-0.1, -0.05) is 29.8 Å². The van der Waals surface area contributed by atoms with E-state index in [2.05, 4.69) is 50.2 Å². The molecule has 2 aromatic carbocycles. The Morgan fingerprint density at radius 1 is 1.04 bits per heavy atom. The van der Waals surface area contributed by atoms with Gasteiger partial charge in [-0.2, -0.15) is 0 Å². The van der Waals surface area contributed by atoms with Gasteiger partial charge in [-0.05, 0) is 31.5 Å². The predicted octanol–water partition coefficient (Wildman–Crippen LogP) is 2.71. The van der Waals surface area contributed by atoms with E-state index in [4.69, 9.17) is 9.47 Å². The minimum absolute atomic E-state index is 0.458. The number of benzene rings is 2. The Bertz CT molecular complexity index is 679. The lowest BCUT2D eigenvalue weighted by Crippen LogP contribution is -3.11. The molecule has 0 amide bonds. The molecule has 0 spiro atoms. The van der Waals surface area contributed by atoms with Crippen molar-refractivity contribution in [3.05, 3.63) is 58.7 Å². The number of hydrogen-bond donors (Lipinski definition) is 1. The summed E-state index contributed by atoms with van der Waals surface area (Å²) in [6, 6.07) is 13.7. The Morgan fingerprint density at radius 2 is 1.70 bits per heavy atom. The summed E-state index contributed by atoms with van der Waals surface area (Å²) in [6.07, 6.45) is 1.08. The lowest BCUT2D eigenvalue weighted by molar-refractivity contribution is -0.945. The van der Waals surface area contributed by atoms with Crippen LogP contribution in [0.3, 0.4) is 0 Å². The average molecular weight is 312 g/mol. The van der Waals surface area contributed by atoms with Crippen LogP contribution in [0.25, 0.3) is 0 Å². The molecule has 0 saturated heterocycles. The molecule has 2 aromatic rings. The largest absolute Gasteiger partial charge is 0.493 e. The molecule has 1 unspecified atom stereocenters. The maximum atomic E-state index is 5.48. The van der Waals surface area contributed by atoms with Crippen LogP contribution in [0.4, 0.5) is 0 Å². The van der Waals surface area contributed by atoms with Gasteiger partial charge < -0.3 is 14.4 Å². The lowest BCUT2D eigenvalue weighted by Gasteiger charge is -2.33. The van der Waals surface area contributed by atoms with E-state index < -0.39 is 0 Å². The zero-order valence-electron chi connectivity index (χ0n) is 14.5. The Labute approximate surface area is 138 Å². The minimum atomic E-state index is 0.458. The van der Waals surface area contributed by atoms with Crippen LogP contribution in [0.5, 0.6) is 11.5 Å². The lowest BCUT2D eigenvalue weighted by atomic mass is 9.92. The number of aryl methyl sites for hydroxylation is 1. The first-order valence-electron chi connectivity index (χ1n) is 8.27. The zero-order valence-corrected chi connectivity index (χ0v) is 14.5. The maximum Gasteiger partial charge on any atom is 0.161 e. The standard InChI is InChI=1S/C20H25NO2/c1-14-5-7-16(8-6-14)13-21-10-9-17-11-19(22-3)20(23-4)12-18(17)15(21)2/h5-8,11-12,15H,9-10,13H2,1-4H3/p+1/t15-/m0/s1. The number of nitrogens with one attached hydrogen (secondary N) is 1. The van der Waals surface area contributed by atoms with E-state index in [0.717, 1.165) is 31.0 Å². The summed E-state index contributed by atoms with van der Waals surface area (Å²) in [6.45, 7) is 6.66. The van der Waals surface area contributed by atoms with E-state index in [1.54, 1.807) is 19.1 Å². The van der Waals surface area contributed by atoms with Crippen molar-refractivity contribution in [1.82, 2.24) is 0 Å². The van der Waals surface area contributed by atoms with E-state index in [0.29, 0.717) is 6.04 Å². The summed E-state index contributed by atoms with van der Waals surface area (Å²) in [7, 11) is 3.40. The van der Waals surface area contributed by atoms with Crippen LogP contribution in [0.2, 0.25) is 0 Å². The molecular weight excluding hydrogens is 286 g/mol. The quantitative estimate of drug-likeness (QED) is 0.938. The van der Waals surface area contributed by atoms with Gasteiger partial charge in [0, 0.05) is 17.5 Å². The fourth-order valence-electron chi connectivity index (χ4n) is 3.50. The molecule has 1 aliphatic heterocycles. The Hall–Kier alpha value is -2.00. The van der Waals surface area contributed by atoms with E-state index in [1.165, 1.54) is 22.3 Å². The fraction of sp³-hybridized carbons (Fsp3) is 0.400. The van der Waals surface area contributed by atoms with Crippen molar-refractivity contribution in [2.75, 3.05) is 20.8 Å². The van der Waals surface area contributed by atoms with Crippen LogP contribution in [0.15, 0.2) is 36.4 Å². The van der Waals surface area contributed by atoms with Crippen LogP contribution in [0.1, 0.15) is 35.2 Å². The first kappa shape index (κ1) is 15.9. The molecule has 0 aliphatic carbocycles. The first-order valence-corrected chi connectivity index (χ1v) is 8.27. The molecule has 0 fully saturated rings. The Balaban J connectivity index is 1.84. The van der Waals surface area contributed by atoms with Crippen LogP contribution in [-0.2, 0) is 13.0 Å². The summed E-state index contributed by atoms with van der Waals surface area (Å²) in [5, 5.41) is 0. The SMILES string of the molecule is COc1cc2c(cc1OC)[C@H](C)[NH+](Cc1ccc(C)cc1)CC2. The third-order valence-electron chi connectivity index (χ3n) is 4.99. The molecule has 0 radical (unpaired) electrons. The predicted molar refractivity (Wildman–Crippen MR) is 92.4 cm³/mol. The molecular formula is C20H26NO2+. The zero-order chi connectivity index (χ0) is 16.4. The molecule has 23 heavy (non-hydrogen) atoms. The van der Waals surface area contributed by atoms with Gasteiger partial charge in [0.15, 0.2) is 11.5 Å². The summed E-state index contributed by atoms with van der Waals surface area (Å²) >= 11 is 0. The summed E-state index contributed by atoms with van der Waals surface area (Å²) < 4.78 is 10.9. The van der Waals surface area contributed by atoms with Gasteiger partial charge in [-0.15, -0.1) is 0 Å². The van der Waals surface area contributed by atoms with Crippen molar-refractivity contribution in [2.45, 2.75) is 32.9 Å². The summed E-state index contributed by atoms with van der Waals surface area (Å²) in [5.41, 5.74) is 5.50. The van der Waals surface area contributed by atoms with E-state index >= 15 is 0 Å². The Morgan fingerprint density at radius 3 is 2.35 bits per heavy atom. The molecule has 1 aliphatic rings. The molecule has 3 heteroatoms. The van der Waals surface area contributed by atoms with Crippen molar-refractivity contribution in [3.63, 3.8) is 0 Å². The highest BCUT2D eigenvalue weighted by atomic mass is 16.5. The smallest absolute Gasteiger partial charge is 0.161 e. The van der Waals surface area contributed by atoms with E-state index in [-0.39, 0.29) is 0 Å². The number of quaternary nitrogens is 1. The van der Waals surface area contributed by atoms with Gasteiger partial charge in [-0.3, -0.25) is 0 Å². The number of fused-ring (bicyclic) bond motifs is 1. The van der Waals surface area contributed by atoms with Crippen molar-refractivity contribution < 1.29 is 14.4 Å². The second-order valence-electron chi connectivity index (χ2n) is 6.45. The van der Waals surface area contributed by atoms with E-state index in [9.17, 15) is 0 Å². The summed E-state index contributed by atoms with van der Waals surface area (Å²) in [4.78, 5) is 1.61.